The van der Waals surface area contributed by atoms with Crippen LogP contribution in [-0.4, -0.2) is 25.2 Å². The number of benzene rings is 1. The monoisotopic (exact) mass is 271 g/mol. The minimum Gasteiger partial charge on any atom is -0.484 e. The average Bonchev–Trinajstić information content (AvgIpc) is 2.32. The first-order valence-electron chi connectivity index (χ1n) is 5.40. The van der Waals surface area contributed by atoms with Crippen LogP contribution in [0.5, 0.6) is 5.75 Å². The zero-order chi connectivity index (χ0) is 14.3. The topological polar surface area (TPSA) is 38.3 Å². The second-order valence-electron chi connectivity index (χ2n) is 3.64. The van der Waals surface area contributed by atoms with Gasteiger partial charge in [-0.25, -0.2) is 0 Å². The molecule has 0 saturated carbocycles. The van der Waals surface area contributed by atoms with Crippen molar-refractivity contribution in [1.82, 2.24) is 5.32 Å². The maximum atomic E-state index is 11.9. The van der Waals surface area contributed by atoms with Crippen LogP contribution in [0.2, 0.25) is 0 Å². The van der Waals surface area contributed by atoms with Crippen molar-refractivity contribution in [2.45, 2.75) is 13.1 Å². The summed E-state index contributed by atoms with van der Waals surface area (Å²) in [5, 5.41) is 2.50. The van der Waals surface area contributed by atoms with Crippen molar-refractivity contribution in [3.8, 4) is 17.6 Å². The highest BCUT2D eigenvalue weighted by atomic mass is 19.4. The fraction of sp³-hybridized carbons (Fsp3) is 0.308. The Labute approximate surface area is 108 Å². The summed E-state index contributed by atoms with van der Waals surface area (Å²) >= 11 is 0. The number of hydrogen-bond acceptors (Lipinski definition) is 2. The first-order valence-corrected chi connectivity index (χ1v) is 5.40. The summed E-state index contributed by atoms with van der Waals surface area (Å²) in [7, 11) is 0. The third-order valence-electron chi connectivity index (χ3n) is 1.92. The second-order valence-corrected chi connectivity index (χ2v) is 3.64. The smallest absolute Gasteiger partial charge is 0.422 e. The summed E-state index contributed by atoms with van der Waals surface area (Å²) in [6.45, 7) is 0.288. The molecule has 3 nitrogen and oxygen atoms in total. The van der Waals surface area contributed by atoms with Crippen molar-refractivity contribution in [2.24, 2.45) is 0 Å². The van der Waals surface area contributed by atoms with E-state index < -0.39 is 12.8 Å². The van der Waals surface area contributed by atoms with Gasteiger partial charge in [-0.2, -0.15) is 13.2 Å². The van der Waals surface area contributed by atoms with Crippen molar-refractivity contribution in [1.29, 1.82) is 0 Å². The van der Waals surface area contributed by atoms with E-state index in [4.69, 9.17) is 0 Å². The van der Waals surface area contributed by atoms with Gasteiger partial charge in [0.15, 0.2) is 6.61 Å². The van der Waals surface area contributed by atoms with E-state index in [9.17, 15) is 18.0 Å². The number of carbonyl (C=O) groups excluding carboxylic acids is 1. The van der Waals surface area contributed by atoms with Crippen LogP contribution in [0, 0.1) is 11.8 Å². The maximum absolute atomic E-state index is 11.9. The van der Waals surface area contributed by atoms with Gasteiger partial charge in [0.25, 0.3) is 0 Å². The Bertz CT molecular complexity index is 483. The highest BCUT2D eigenvalue weighted by Gasteiger charge is 2.28. The van der Waals surface area contributed by atoms with E-state index in [2.05, 4.69) is 21.9 Å². The summed E-state index contributed by atoms with van der Waals surface area (Å²) in [4.78, 5) is 10.6. The summed E-state index contributed by atoms with van der Waals surface area (Å²) in [5.41, 5.74) is 0.629. The van der Waals surface area contributed by atoms with Crippen LogP contribution < -0.4 is 10.1 Å². The Kier molecular flexibility index (Phi) is 5.24. The van der Waals surface area contributed by atoms with Crippen LogP contribution in [0.25, 0.3) is 0 Å². The van der Waals surface area contributed by atoms with Crippen LogP contribution in [0.4, 0.5) is 13.2 Å². The van der Waals surface area contributed by atoms with Crippen LogP contribution in [0.3, 0.4) is 0 Å². The first kappa shape index (κ1) is 14.9. The van der Waals surface area contributed by atoms with E-state index in [1.165, 1.54) is 19.1 Å². The van der Waals surface area contributed by atoms with Crippen molar-refractivity contribution in [3.63, 3.8) is 0 Å². The number of nitrogens with one attached hydrogen (secondary N) is 1. The fourth-order valence-corrected chi connectivity index (χ4v) is 1.11. The fourth-order valence-electron chi connectivity index (χ4n) is 1.11. The van der Waals surface area contributed by atoms with Gasteiger partial charge in [0, 0.05) is 12.5 Å². The number of rotatable bonds is 3. The molecule has 1 N–H and O–H groups in total. The number of amides is 1. The molecule has 1 amide bonds. The van der Waals surface area contributed by atoms with Crippen LogP contribution >= 0.6 is 0 Å². The Morgan fingerprint density at radius 3 is 2.47 bits per heavy atom. The van der Waals surface area contributed by atoms with Gasteiger partial charge in [-0.15, -0.1) is 0 Å². The summed E-state index contributed by atoms with van der Waals surface area (Å²) in [5.74, 6) is 5.42. The summed E-state index contributed by atoms with van der Waals surface area (Å²) < 4.78 is 40.3. The van der Waals surface area contributed by atoms with Gasteiger partial charge in [0.2, 0.25) is 5.91 Å². The zero-order valence-electron chi connectivity index (χ0n) is 10.2. The molecule has 19 heavy (non-hydrogen) atoms. The van der Waals surface area contributed by atoms with E-state index in [0.29, 0.717) is 5.56 Å². The van der Waals surface area contributed by atoms with Crippen molar-refractivity contribution in [2.75, 3.05) is 13.2 Å². The average molecular weight is 271 g/mol. The van der Waals surface area contributed by atoms with Crippen molar-refractivity contribution in [3.05, 3.63) is 29.8 Å². The van der Waals surface area contributed by atoms with Crippen LogP contribution in [-0.2, 0) is 4.79 Å². The predicted molar refractivity (Wildman–Crippen MR) is 63.6 cm³/mol. The first-order chi connectivity index (χ1) is 8.87. The van der Waals surface area contributed by atoms with E-state index in [1.54, 1.807) is 12.1 Å². The minimum absolute atomic E-state index is 0.129. The molecule has 0 heterocycles. The molecular weight excluding hydrogens is 259 g/mol. The molecule has 0 aliphatic heterocycles. The maximum Gasteiger partial charge on any atom is 0.422 e. The lowest BCUT2D eigenvalue weighted by Gasteiger charge is -2.08. The van der Waals surface area contributed by atoms with Crippen LogP contribution in [0.1, 0.15) is 12.5 Å². The molecule has 1 aromatic carbocycles. The van der Waals surface area contributed by atoms with E-state index in [1.807, 2.05) is 0 Å². The molecule has 102 valence electrons. The SMILES string of the molecule is CC(=O)NCC#Cc1ccc(OCC(F)(F)F)cc1. The van der Waals surface area contributed by atoms with Gasteiger partial charge in [0.1, 0.15) is 5.75 Å². The number of hydrogen-bond donors (Lipinski definition) is 1. The molecule has 0 bridgehead atoms. The molecule has 0 spiro atoms. The predicted octanol–water partition coefficient (Wildman–Crippen LogP) is 2.12. The normalized spacial score (nSPS) is 10.3. The number of carbonyl (C=O) groups is 1. The Morgan fingerprint density at radius 2 is 1.95 bits per heavy atom. The lowest BCUT2D eigenvalue weighted by atomic mass is 10.2. The summed E-state index contributed by atoms with van der Waals surface area (Å²) in [6, 6.07) is 5.92. The molecule has 0 aliphatic rings. The van der Waals surface area contributed by atoms with Crippen LogP contribution in [0.15, 0.2) is 24.3 Å². The molecule has 1 rings (SSSR count). The molecule has 0 unspecified atom stereocenters. The molecule has 1 aromatic rings. The number of ether oxygens (including phenoxy) is 1. The molecule has 0 aromatic heterocycles. The molecule has 6 heteroatoms. The van der Waals surface area contributed by atoms with Gasteiger partial charge in [-0.1, -0.05) is 11.8 Å². The second kappa shape index (κ2) is 6.69. The van der Waals surface area contributed by atoms with Gasteiger partial charge >= 0.3 is 6.18 Å². The number of halogens is 3. The zero-order valence-corrected chi connectivity index (χ0v) is 10.2. The van der Waals surface area contributed by atoms with E-state index >= 15 is 0 Å². The Morgan fingerprint density at radius 1 is 1.32 bits per heavy atom. The molecule has 0 aliphatic carbocycles. The molecule has 0 atom stereocenters. The third-order valence-corrected chi connectivity index (χ3v) is 1.92. The lowest BCUT2D eigenvalue weighted by Crippen LogP contribution is -2.19. The summed E-state index contributed by atoms with van der Waals surface area (Å²) in [6.07, 6.45) is -4.35. The molecule has 0 fully saturated rings. The highest BCUT2D eigenvalue weighted by Crippen LogP contribution is 2.18. The number of alkyl halides is 3. The van der Waals surface area contributed by atoms with E-state index in [-0.39, 0.29) is 18.2 Å². The largest absolute Gasteiger partial charge is 0.484 e. The van der Waals surface area contributed by atoms with Crippen molar-refractivity contribution >= 4 is 5.91 Å². The molecule has 0 saturated heterocycles. The van der Waals surface area contributed by atoms with E-state index in [0.717, 1.165) is 0 Å². The third kappa shape index (κ3) is 6.99. The van der Waals surface area contributed by atoms with Gasteiger partial charge in [-0.3, -0.25) is 4.79 Å². The molecule has 0 radical (unpaired) electrons. The Hall–Kier alpha value is -2.16. The van der Waals surface area contributed by atoms with Gasteiger partial charge in [0.05, 0.1) is 6.54 Å². The van der Waals surface area contributed by atoms with Crippen molar-refractivity contribution < 1.29 is 22.7 Å². The highest BCUT2D eigenvalue weighted by molar-refractivity contribution is 5.73. The minimum atomic E-state index is -4.35. The Balaban J connectivity index is 2.49. The quantitative estimate of drug-likeness (QED) is 0.855. The molecular formula is C13H12F3NO2. The lowest BCUT2D eigenvalue weighted by molar-refractivity contribution is -0.153. The van der Waals surface area contributed by atoms with Gasteiger partial charge < -0.3 is 10.1 Å². The van der Waals surface area contributed by atoms with Gasteiger partial charge in [-0.05, 0) is 24.3 Å². The standard InChI is InChI=1S/C13H12F3NO2/c1-10(18)17-8-2-3-11-4-6-12(7-5-11)19-9-13(14,15)16/h4-7H,8-9H2,1H3,(H,17,18).